The maximum absolute atomic E-state index is 12.4. The Morgan fingerprint density at radius 3 is 2.05 bits per heavy atom. The molecule has 1 aliphatic heterocycles. The minimum Gasteiger partial charge on any atom is -0.496 e. The minimum absolute atomic E-state index is 0.137. The van der Waals surface area contributed by atoms with Gasteiger partial charge in [0, 0.05) is 27.9 Å². The molecule has 0 saturated heterocycles. The predicted molar refractivity (Wildman–Crippen MR) is 86.4 cm³/mol. The van der Waals surface area contributed by atoms with Crippen molar-refractivity contribution in [3.05, 3.63) is 35.4 Å². The lowest BCUT2D eigenvalue weighted by Gasteiger charge is -2.34. The van der Waals surface area contributed by atoms with Crippen LogP contribution in [0, 0.1) is 0 Å². The summed E-state index contributed by atoms with van der Waals surface area (Å²) in [5.41, 5.74) is 2.02. The molecule has 2 aromatic carbocycles. The topological polar surface area (TPSA) is 38.8 Å². The van der Waals surface area contributed by atoms with E-state index in [4.69, 9.17) is 9.47 Å². The zero-order chi connectivity index (χ0) is 15.9. The summed E-state index contributed by atoms with van der Waals surface area (Å²) in [4.78, 5) is 14.3. The van der Waals surface area contributed by atoms with Crippen molar-refractivity contribution in [3.63, 3.8) is 0 Å². The maximum atomic E-state index is 12.4. The van der Waals surface area contributed by atoms with Gasteiger partial charge in [0.1, 0.15) is 11.5 Å². The minimum atomic E-state index is 0.137. The Balaban J connectivity index is 2.32. The van der Waals surface area contributed by atoms with Crippen molar-refractivity contribution >= 4 is 16.7 Å². The van der Waals surface area contributed by atoms with Gasteiger partial charge in [0.05, 0.1) is 27.2 Å². The first-order valence-corrected chi connectivity index (χ1v) is 7.52. The van der Waals surface area contributed by atoms with E-state index in [1.54, 1.807) is 14.2 Å². The molecule has 0 spiro atoms. The van der Waals surface area contributed by atoms with Crippen molar-refractivity contribution in [3.8, 4) is 11.5 Å². The van der Waals surface area contributed by atoms with Crippen LogP contribution in [0.15, 0.2) is 24.3 Å². The third-order valence-electron chi connectivity index (χ3n) is 4.34. The summed E-state index contributed by atoms with van der Waals surface area (Å²) in [7, 11) is 3.35. The van der Waals surface area contributed by atoms with Gasteiger partial charge in [-0.15, -0.1) is 0 Å². The number of hydrogen-bond acceptors (Lipinski definition) is 3. The Bertz CT molecular complexity index is 737. The van der Waals surface area contributed by atoms with E-state index in [9.17, 15) is 4.79 Å². The molecule has 1 aliphatic rings. The van der Waals surface area contributed by atoms with Gasteiger partial charge in [0.2, 0.25) is 5.91 Å². The molecule has 0 unspecified atom stereocenters. The largest absolute Gasteiger partial charge is 0.496 e. The first kappa shape index (κ1) is 14.7. The summed E-state index contributed by atoms with van der Waals surface area (Å²) in [5.74, 6) is 1.78. The highest BCUT2D eigenvalue weighted by atomic mass is 16.5. The second-order valence-electron chi connectivity index (χ2n) is 5.86. The van der Waals surface area contributed by atoms with Gasteiger partial charge in [-0.05, 0) is 13.8 Å². The molecule has 2 aromatic rings. The average Bonchev–Trinajstić information content (AvgIpc) is 2.51. The van der Waals surface area contributed by atoms with Gasteiger partial charge in [-0.1, -0.05) is 24.3 Å². The van der Waals surface area contributed by atoms with Crippen molar-refractivity contribution in [2.75, 3.05) is 14.2 Å². The molecule has 0 radical (unpaired) electrons. The quantitative estimate of drug-likeness (QED) is 0.874. The number of rotatable bonds is 3. The maximum Gasteiger partial charge on any atom is 0.227 e. The normalized spacial score (nSPS) is 14.4. The van der Waals surface area contributed by atoms with Crippen LogP contribution in [0.3, 0.4) is 0 Å². The lowest BCUT2D eigenvalue weighted by atomic mass is 9.91. The molecule has 0 fully saturated rings. The SMILES string of the molecule is COc1c2c(c(OC)c3ccccc13)CN(C(C)C)C(=O)C2. The number of carbonyl (C=O) groups is 1. The Labute approximate surface area is 130 Å². The summed E-state index contributed by atoms with van der Waals surface area (Å²) in [6, 6.07) is 8.18. The molecule has 0 bridgehead atoms. The fourth-order valence-electron chi connectivity index (χ4n) is 3.28. The summed E-state index contributed by atoms with van der Waals surface area (Å²) in [5, 5.41) is 2.02. The third kappa shape index (κ3) is 2.10. The standard InChI is InChI=1S/C18H21NO3/c1-11(2)19-10-15-14(9-16(19)20)17(21-3)12-7-5-6-8-13(12)18(15)22-4/h5-8,11H,9-10H2,1-4H3. The van der Waals surface area contributed by atoms with Gasteiger partial charge < -0.3 is 14.4 Å². The van der Waals surface area contributed by atoms with Gasteiger partial charge in [-0.2, -0.15) is 0 Å². The van der Waals surface area contributed by atoms with Crippen molar-refractivity contribution in [2.24, 2.45) is 0 Å². The summed E-state index contributed by atoms with van der Waals surface area (Å²) >= 11 is 0. The molecule has 4 nitrogen and oxygen atoms in total. The number of amides is 1. The highest BCUT2D eigenvalue weighted by Crippen LogP contribution is 2.43. The Morgan fingerprint density at radius 1 is 1.00 bits per heavy atom. The van der Waals surface area contributed by atoms with Crippen LogP contribution in [0.25, 0.3) is 10.8 Å². The molecular weight excluding hydrogens is 278 g/mol. The molecule has 3 rings (SSSR count). The number of ether oxygens (including phenoxy) is 2. The molecule has 4 heteroatoms. The van der Waals surface area contributed by atoms with Crippen molar-refractivity contribution in [1.82, 2.24) is 4.90 Å². The first-order chi connectivity index (χ1) is 10.6. The predicted octanol–water partition coefficient (Wildman–Crippen LogP) is 3.15. The number of methoxy groups -OCH3 is 2. The lowest BCUT2D eigenvalue weighted by molar-refractivity contribution is -0.133. The average molecular weight is 299 g/mol. The van der Waals surface area contributed by atoms with Crippen LogP contribution in [-0.4, -0.2) is 31.1 Å². The molecular formula is C18H21NO3. The number of fused-ring (bicyclic) bond motifs is 2. The van der Waals surface area contributed by atoms with Crippen LogP contribution in [0.1, 0.15) is 25.0 Å². The summed E-state index contributed by atoms with van der Waals surface area (Å²) in [6.45, 7) is 4.64. The number of carbonyl (C=O) groups excluding carboxylic acids is 1. The van der Waals surface area contributed by atoms with Gasteiger partial charge in [-0.3, -0.25) is 4.79 Å². The van der Waals surface area contributed by atoms with Crippen LogP contribution < -0.4 is 9.47 Å². The Hall–Kier alpha value is -2.23. The summed E-state index contributed by atoms with van der Waals surface area (Å²) < 4.78 is 11.3. The molecule has 0 aliphatic carbocycles. The Kier molecular flexibility index (Phi) is 3.69. The van der Waals surface area contributed by atoms with Crippen molar-refractivity contribution in [1.29, 1.82) is 0 Å². The first-order valence-electron chi connectivity index (χ1n) is 7.52. The Morgan fingerprint density at radius 2 is 1.55 bits per heavy atom. The second kappa shape index (κ2) is 5.52. The number of hydrogen-bond donors (Lipinski definition) is 0. The third-order valence-corrected chi connectivity index (χ3v) is 4.34. The second-order valence-corrected chi connectivity index (χ2v) is 5.86. The van der Waals surface area contributed by atoms with Crippen LogP contribution in [0.5, 0.6) is 11.5 Å². The zero-order valence-corrected chi connectivity index (χ0v) is 13.5. The van der Waals surface area contributed by atoms with E-state index in [-0.39, 0.29) is 11.9 Å². The zero-order valence-electron chi connectivity index (χ0n) is 13.5. The van der Waals surface area contributed by atoms with Gasteiger partial charge >= 0.3 is 0 Å². The summed E-state index contributed by atoms with van der Waals surface area (Å²) in [6.07, 6.45) is 0.359. The van der Waals surface area contributed by atoms with E-state index in [0.29, 0.717) is 13.0 Å². The van der Waals surface area contributed by atoms with Crippen LogP contribution >= 0.6 is 0 Å². The van der Waals surface area contributed by atoms with E-state index in [2.05, 4.69) is 0 Å². The number of benzene rings is 2. The van der Waals surface area contributed by atoms with Gasteiger partial charge in [-0.25, -0.2) is 0 Å². The molecule has 0 aromatic heterocycles. The molecule has 0 N–H and O–H groups in total. The lowest BCUT2D eigenvalue weighted by Crippen LogP contribution is -2.41. The highest BCUT2D eigenvalue weighted by Gasteiger charge is 2.31. The van der Waals surface area contributed by atoms with Crippen LogP contribution in [-0.2, 0) is 17.8 Å². The van der Waals surface area contributed by atoms with E-state index >= 15 is 0 Å². The monoisotopic (exact) mass is 299 g/mol. The molecule has 116 valence electrons. The molecule has 22 heavy (non-hydrogen) atoms. The number of nitrogens with zero attached hydrogens (tertiary/aromatic N) is 1. The van der Waals surface area contributed by atoms with Gasteiger partial charge in [0.25, 0.3) is 0 Å². The molecule has 1 heterocycles. The van der Waals surface area contributed by atoms with Crippen molar-refractivity contribution < 1.29 is 14.3 Å². The van der Waals surface area contributed by atoms with E-state index in [1.807, 2.05) is 43.0 Å². The van der Waals surface area contributed by atoms with Crippen LogP contribution in [0.4, 0.5) is 0 Å². The van der Waals surface area contributed by atoms with Gasteiger partial charge in [0.15, 0.2) is 0 Å². The van der Waals surface area contributed by atoms with E-state index in [0.717, 1.165) is 33.4 Å². The fourth-order valence-corrected chi connectivity index (χ4v) is 3.28. The molecule has 0 atom stereocenters. The molecule has 1 amide bonds. The van der Waals surface area contributed by atoms with Crippen LogP contribution in [0.2, 0.25) is 0 Å². The molecule has 0 saturated carbocycles. The highest BCUT2D eigenvalue weighted by molar-refractivity contribution is 5.98. The smallest absolute Gasteiger partial charge is 0.227 e. The van der Waals surface area contributed by atoms with E-state index < -0.39 is 0 Å². The van der Waals surface area contributed by atoms with E-state index in [1.165, 1.54) is 0 Å². The fraction of sp³-hybridized carbons (Fsp3) is 0.389. The van der Waals surface area contributed by atoms with Crippen molar-refractivity contribution in [2.45, 2.75) is 32.9 Å².